The predicted octanol–water partition coefficient (Wildman–Crippen LogP) is 3.72. The molecule has 1 heterocycles. The van der Waals surface area contributed by atoms with Crippen molar-refractivity contribution in [3.8, 4) is 5.69 Å². The molecule has 1 aromatic carbocycles. The number of hydrogen-bond donors (Lipinski definition) is 1. The fourth-order valence-electron chi connectivity index (χ4n) is 1.92. The number of aryl methyl sites for hydroxylation is 1. The molecule has 0 amide bonds. The molecule has 1 N–H and O–H groups in total. The van der Waals surface area contributed by atoms with E-state index in [2.05, 4.69) is 42.6 Å². The number of aromatic nitrogens is 2. The Balaban J connectivity index is 2.28. The van der Waals surface area contributed by atoms with E-state index in [0.29, 0.717) is 0 Å². The summed E-state index contributed by atoms with van der Waals surface area (Å²) in [5, 5.41) is 4.24. The summed E-state index contributed by atoms with van der Waals surface area (Å²) in [4.78, 5) is 4.25. The van der Waals surface area contributed by atoms with E-state index < -0.39 is 0 Å². The monoisotopic (exact) mass is 277 g/mol. The van der Waals surface area contributed by atoms with Gasteiger partial charge in [0.05, 0.1) is 12.0 Å². The van der Waals surface area contributed by atoms with Crippen LogP contribution < -0.4 is 5.32 Å². The van der Waals surface area contributed by atoms with Crippen LogP contribution in [-0.4, -0.2) is 15.1 Å². The van der Waals surface area contributed by atoms with Crippen molar-refractivity contribution in [2.24, 2.45) is 0 Å². The van der Waals surface area contributed by atoms with Crippen LogP contribution >= 0.6 is 11.6 Å². The van der Waals surface area contributed by atoms with Crippen molar-refractivity contribution in [1.29, 1.82) is 0 Å². The highest BCUT2D eigenvalue weighted by Gasteiger charge is 2.12. The maximum atomic E-state index is 6.00. The second-order valence-corrected chi connectivity index (χ2v) is 6.23. The molecule has 0 saturated heterocycles. The minimum Gasteiger partial charge on any atom is -0.306 e. The third kappa shape index (κ3) is 3.58. The zero-order chi connectivity index (χ0) is 14.0. The molecule has 0 saturated carbocycles. The van der Waals surface area contributed by atoms with Crippen LogP contribution in [0.25, 0.3) is 5.69 Å². The first-order valence-electron chi connectivity index (χ1n) is 6.39. The third-order valence-corrected chi connectivity index (χ3v) is 3.17. The Hall–Kier alpha value is -1.32. The summed E-state index contributed by atoms with van der Waals surface area (Å²) in [6.07, 6.45) is 3.74. The van der Waals surface area contributed by atoms with E-state index >= 15 is 0 Å². The normalized spacial score (nSPS) is 11.8. The van der Waals surface area contributed by atoms with Gasteiger partial charge in [-0.05, 0) is 51.5 Å². The van der Waals surface area contributed by atoms with Gasteiger partial charge in [-0.2, -0.15) is 0 Å². The lowest BCUT2D eigenvalue weighted by molar-refractivity contribution is 0.419. The Labute approximate surface area is 119 Å². The summed E-state index contributed by atoms with van der Waals surface area (Å²) in [6, 6.07) is 5.91. The Morgan fingerprint density at radius 2 is 2.05 bits per heavy atom. The number of hydrogen-bond acceptors (Lipinski definition) is 2. The van der Waals surface area contributed by atoms with Crippen LogP contribution in [0.3, 0.4) is 0 Å². The van der Waals surface area contributed by atoms with Crippen molar-refractivity contribution >= 4 is 11.6 Å². The van der Waals surface area contributed by atoms with Gasteiger partial charge in [0.1, 0.15) is 0 Å². The number of rotatable bonds is 3. The Kier molecular flexibility index (Phi) is 3.97. The van der Waals surface area contributed by atoms with E-state index in [1.165, 1.54) is 0 Å². The summed E-state index contributed by atoms with van der Waals surface area (Å²) in [6.45, 7) is 9.30. The van der Waals surface area contributed by atoms with Gasteiger partial charge in [0.2, 0.25) is 0 Å². The first kappa shape index (κ1) is 14.1. The van der Waals surface area contributed by atoms with Crippen LogP contribution in [-0.2, 0) is 6.54 Å². The molecule has 102 valence electrons. The minimum atomic E-state index is 0.0874. The topological polar surface area (TPSA) is 29.9 Å². The molecule has 3 nitrogen and oxygen atoms in total. The summed E-state index contributed by atoms with van der Waals surface area (Å²) in [5.74, 6) is 0. The molecule has 4 heteroatoms. The Morgan fingerprint density at radius 3 is 2.68 bits per heavy atom. The molecular formula is C15H20ClN3. The molecule has 0 atom stereocenters. The van der Waals surface area contributed by atoms with Crippen molar-refractivity contribution in [2.75, 3.05) is 0 Å². The van der Waals surface area contributed by atoms with Crippen molar-refractivity contribution in [3.63, 3.8) is 0 Å². The fraction of sp³-hybridized carbons (Fsp3) is 0.400. The van der Waals surface area contributed by atoms with E-state index in [0.717, 1.165) is 28.5 Å². The first-order chi connectivity index (χ1) is 8.87. The molecule has 2 rings (SSSR count). The SMILES string of the molecule is Cc1cc(Cl)ccc1-n1cncc1CNC(C)(C)C. The van der Waals surface area contributed by atoms with E-state index in [1.54, 1.807) is 0 Å². The van der Waals surface area contributed by atoms with E-state index in [4.69, 9.17) is 11.6 Å². The number of halogens is 1. The zero-order valence-electron chi connectivity index (χ0n) is 11.9. The van der Waals surface area contributed by atoms with Crippen LogP contribution in [0, 0.1) is 6.92 Å². The molecule has 0 aliphatic heterocycles. The van der Waals surface area contributed by atoms with E-state index in [1.807, 2.05) is 30.7 Å². The van der Waals surface area contributed by atoms with Crippen molar-refractivity contribution < 1.29 is 0 Å². The number of nitrogens with one attached hydrogen (secondary N) is 1. The number of nitrogens with zero attached hydrogens (tertiary/aromatic N) is 2. The maximum Gasteiger partial charge on any atom is 0.0994 e. The third-order valence-electron chi connectivity index (χ3n) is 2.93. The smallest absolute Gasteiger partial charge is 0.0994 e. The summed E-state index contributed by atoms with van der Waals surface area (Å²) >= 11 is 6.00. The average Bonchev–Trinajstić information content (AvgIpc) is 2.73. The van der Waals surface area contributed by atoms with Crippen molar-refractivity contribution in [3.05, 3.63) is 47.0 Å². The van der Waals surface area contributed by atoms with Gasteiger partial charge in [0.25, 0.3) is 0 Å². The van der Waals surface area contributed by atoms with Crippen LogP contribution in [0.2, 0.25) is 5.02 Å². The van der Waals surface area contributed by atoms with Crippen LogP contribution in [0.1, 0.15) is 32.0 Å². The number of benzene rings is 1. The highest BCUT2D eigenvalue weighted by molar-refractivity contribution is 6.30. The molecule has 0 bridgehead atoms. The van der Waals surface area contributed by atoms with Gasteiger partial charge < -0.3 is 9.88 Å². The molecule has 0 aliphatic rings. The molecule has 0 unspecified atom stereocenters. The highest BCUT2D eigenvalue weighted by atomic mass is 35.5. The summed E-state index contributed by atoms with van der Waals surface area (Å²) < 4.78 is 2.10. The molecule has 0 radical (unpaired) electrons. The lowest BCUT2D eigenvalue weighted by atomic mass is 10.1. The minimum absolute atomic E-state index is 0.0874. The largest absolute Gasteiger partial charge is 0.306 e. The van der Waals surface area contributed by atoms with Gasteiger partial charge in [-0.15, -0.1) is 0 Å². The zero-order valence-corrected chi connectivity index (χ0v) is 12.6. The Bertz CT molecular complexity index is 567. The highest BCUT2D eigenvalue weighted by Crippen LogP contribution is 2.20. The van der Waals surface area contributed by atoms with E-state index in [9.17, 15) is 0 Å². The van der Waals surface area contributed by atoms with Gasteiger partial charge >= 0.3 is 0 Å². The number of imidazole rings is 1. The first-order valence-corrected chi connectivity index (χ1v) is 6.77. The summed E-state index contributed by atoms with van der Waals surface area (Å²) in [7, 11) is 0. The molecular weight excluding hydrogens is 258 g/mol. The van der Waals surface area contributed by atoms with Gasteiger partial charge in [0, 0.05) is 29.0 Å². The van der Waals surface area contributed by atoms with E-state index in [-0.39, 0.29) is 5.54 Å². The quantitative estimate of drug-likeness (QED) is 0.927. The van der Waals surface area contributed by atoms with Crippen LogP contribution in [0.5, 0.6) is 0 Å². The van der Waals surface area contributed by atoms with Gasteiger partial charge in [-0.1, -0.05) is 11.6 Å². The average molecular weight is 278 g/mol. The second-order valence-electron chi connectivity index (χ2n) is 5.79. The lowest BCUT2D eigenvalue weighted by Gasteiger charge is -2.21. The standard InChI is InChI=1S/C15H20ClN3/c1-11-7-12(16)5-6-14(11)19-10-17-8-13(19)9-18-15(2,3)4/h5-8,10,18H,9H2,1-4H3. The molecule has 0 aliphatic carbocycles. The van der Waals surface area contributed by atoms with Gasteiger partial charge in [0.15, 0.2) is 0 Å². The lowest BCUT2D eigenvalue weighted by Crippen LogP contribution is -2.35. The molecule has 19 heavy (non-hydrogen) atoms. The van der Waals surface area contributed by atoms with Gasteiger partial charge in [-0.3, -0.25) is 0 Å². The molecule has 1 aromatic heterocycles. The molecule has 2 aromatic rings. The van der Waals surface area contributed by atoms with Crippen LogP contribution in [0.15, 0.2) is 30.7 Å². The predicted molar refractivity (Wildman–Crippen MR) is 79.9 cm³/mol. The van der Waals surface area contributed by atoms with Crippen molar-refractivity contribution in [1.82, 2.24) is 14.9 Å². The summed E-state index contributed by atoms with van der Waals surface area (Å²) in [5.41, 5.74) is 3.49. The Morgan fingerprint density at radius 1 is 1.32 bits per heavy atom. The molecule has 0 fully saturated rings. The maximum absolute atomic E-state index is 6.00. The van der Waals surface area contributed by atoms with Gasteiger partial charge in [-0.25, -0.2) is 4.98 Å². The fourth-order valence-corrected chi connectivity index (χ4v) is 2.14. The molecule has 0 spiro atoms. The van der Waals surface area contributed by atoms with Crippen LogP contribution in [0.4, 0.5) is 0 Å². The second kappa shape index (κ2) is 5.35. The van der Waals surface area contributed by atoms with Crippen molar-refractivity contribution in [2.45, 2.75) is 39.8 Å².